The number of aliphatic carboxylic acids is 1. The molecule has 0 spiro atoms. The van der Waals surface area contributed by atoms with Gasteiger partial charge in [0.25, 0.3) is 0 Å². The summed E-state index contributed by atoms with van der Waals surface area (Å²) in [5.74, 6) is -0.258. The topological polar surface area (TPSA) is 116 Å². The first-order valence-electron chi connectivity index (χ1n) is 15.8. The number of benzene rings is 3. The summed E-state index contributed by atoms with van der Waals surface area (Å²) in [7, 11) is 6.34. The number of hydrogen-bond donors (Lipinski definition) is 1. The molecule has 0 aliphatic heterocycles. The molecule has 0 radical (unpaired) electrons. The predicted molar refractivity (Wildman–Crippen MR) is 185 cm³/mol. The fourth-order valence-electron chi connectivity index (χ4n) is 6.71. The van der Waals surface area contributed by atoms with Gasteiger partial charge in [0.05, 0.1) is 44.0 Å². The first kappa shape index (κ1) is 33.9. The van der Waals surface area contributed by atoms with E-state index in [2.05, 4.69) is 15.0 Å². The number of fused-ring (bicyclic) bond motifs is 1. The van der Waals surface area contributed by atoms with Crippen LogP contribution in [-0.2, 0) is 11.3 Å². The average molecular weight is 687 g/mol. The van der Waals surface area contributed by atoms with Gasteiger partial charge in [-0.15, -0.1) is 0 Å². The normalized spacial score (nSPS) is 16.1. The maximum absolute atomic E-state index is 15.9. The van der Waals surface area contributed by atoms with Gasteiger partial charge >= 0.3 is 5.97 Å². The summed E-state index contributed by atoms with van der Waals surface area (Å²) >= 11 is 7.10. The second-order valence-electron chi connectivity index (χ2n) is 12.1. The Bertz CT molecular complexity index is 2020. The smallest absolute Gasteiger partial charge is 0.306 e. The molecule has 0 saturated heterocycles. The Balaban J connectivity index is 1.33. The van der Waals surface area contributed by atoms with E-state index < -0.39 is 11.8 Å². The molecule has 12 heteroatoms. The van der Waals surface area contributed by atoms with Crippen LogP contribution in [0.15, 0.2) is 60.8 Å². The summed E-state index contributed by atoms with van der Waals surface area (Å²) in [6.45, 7) is 0.321. The number of pyridine rings is 1. The zero-order chi connectivity index (χ0) is 34.8. The first-order valence-corrected chi connectivity index (χ1v) is 16.2. The van der Waals surface area contributed by atoms with E-state index in [1.807, 2.05) is 43.4 Å². The average Bonchev–Trinajstić information content (AvgIpc) is 3.56. The van der Waals surface area contributed by atoms with E-state index in [1.165, 1.54) is 27.4 Å². The van der Waals surface area contributed by atoms with Crippen molar-refractivity contribution in [3.8, 4) is 45.5 Å². The molecule has 5 aromatic rings. The number of rotatable bonds is 11. The molecule has 2 aromatic heterocycles. The lowest BCUT2D eigenvalue weighted by atomic mass is 9.85. The Kier molecular flexibility index (Phi) is 9.84. The van der Waals surface area contributed by atoms with Gasteiger partial charge in [0.15, 0.2) is 12.1 Å². The number of ether oxygens (including phenoxy) is 3. The molecule has 1 N–H and O–H groups in total. The van der Waals surface area contributed by atoms with Crippen molar-refractivity contribution >= 4 is 34.8 Å². The van der Waals surface area contributed by atoms with Gasteiger partial charge in [0.2, 0.25) is 5.88 Å². The third-order valence-corrected chi connectivity index (χ3v) is 9.79. The molecular weight excluding hydrogens is 651 g/mol. The molecule has 1 fully saturated rings. The lowest BCUT2D eigenvalue weighted by Crippen LogP contribution is -2.36. The van der Waals surface area contributed by atoms with Crippen LogP contribution < -0.4 is 14.2 Å². The second-order valence-corrected chi connectivity index (χ2v) is 12.5. The molecule has 2 heterocycles. The summed E-state index contributed by atoms with van der Waals surface area (Å²) in [6.07, 6.45) is 5.06. The zero-order valence-corrected chi connectivity index (χ0v) is 28.3. The maximum Gasteiger partial charge on any atom is 0.306 e. The molecule has 1 saturated carbocycles. The van der Waals surface area contributed by atoms with Gasteiger partial charge in [0.1, 0.15) is 22.9 Å². The number of aldehydes is 1. The predicted octanol–water partition coefficient (Wildman–Crippen LogP) is 7.46. The molecular formula is C37H36ClFN4O6. The lowest BCUT2D eigenvalue weighted by Gasteiger charge is -2.33. The highest BCUT2D eigenvalue weighted by atomic mass is 35.5. The number of halogens is 2. The molecule has 0 atom stereocenters. The van der Waals surface area contributed by atoms with Crippen molar-refractivity contribution < 1.29 is 33.3 Å². The molecule has 254 valence electrons. The second kappa shape index (κ2) is 14.2. The highest BCUT2D eigenvalue weighted by Crippen LogP contribution is 2.42. The minimum atomic E-state index is -0.750. The van der Waals surface area contributed by atoms with Gasteiger partial charge in [-0.2, -0.15) is 10.1 Å². The van der Waals surface area contributed by atoms with Crippen molar-refractivity contribution in [2.24, 2.45) is 5.92 Å². The third-order valence-electron chi connectivity index (χ3n) is 9.39. The van der Waals surface area contributed by atoms with E-state index in [0.29, 0.717) is 64.7 Å². The molecule has 1 aliphatic rings. The summed E-state index contributed by atoms with van der Waals surface area (Å²) in [5, 5.41) is 15.2. The van der Waals surface area contributed by atoms with E-state index >= 15 is 4.39 Å². The zero-order valence-electron chi connectivity index (χ0n) is 27.6. The lowest BCUT2D eigenvalue weighted by molar-refractivity contribution is -0.143. The first-order chi connectivity index (χ1) is 23.7. The fraction of sp³-hybridized carbons (Fsp3) is 0.297. The number of hydrogen-bond acceptors (Lipinski definition) is 8. The largest absolute Gasteiger partial charge is 0.496 e. The third kappa shape index (κ3) is 6.43. The Morgan fingerprint density at radius 2 is 1.69 bits per heavy atom. The minimum Gasteiger partial charge on any atom is -0.496 e. The van der Waals surface area contributed by atoms with Crippen LogP contribution in [0.4, 0.5) is 4.39 Å². The number of nitrogens with zero attached hydrogens (tertiary/aromatic N) is 4. The van der Waals surface area contributed by atoms with Gasteiger partial charge in [0, 0.05) is 40.7 Å². The van der Waals surface area contributed by atoms with E-state index in [9.17, 15) is 14.7 Å². The monoisotopic (exact) mass is 686 g/mol. The van der Waals surface area contributed by atoms with Crippen molar-refractivity contribution in [3.05, 3.63) is 82.8 Å². The molecule has 3 aromatic carbocycles. The van der Waals surface area contributed by atoms with E-state index in [4.69, 9.17) is 25.8 Å². The van der Waals surface area contributed by atoms with Crippen LogP contribution in [0.2, 0.25) is 5.02 Å². The Morgan fingerprint density at radius 3 is 2.37 bits per heavy atom. The van der Waals surface area contributed by atoms with Crippen LogP contribution in [0.25, 0.3) is 39.0 Å². The van der Waals surface area contributed by atoms with Crippen LogP contribution in [0.5, 0.6) is 17.4 Å². The summed E-state index contributed by atoms with van der Waals surface area (Å²) < 4.78 is 34.0. The molecule has 6 rings (SSSR count). The summed E-state index contributed by atoms with van der Waals surface area (Å²) in [4.78, 5) is 29.6. The number of carbonyl (C=O) groups excluding carboxylic acids is 1. The van der Waals surface area contributed by atoms with E-state index in [1.54, 1.807) is 23.0 Å². The van der Waals surface area contributed by atoms with Gasteiger partial charge in [-0.25, -0.2) is 9.07 Å². The van der Waals surface area contributed by atoms with Crippen LogP contribution in [0.3, 0.4) is 0 Å². The van der Waals surface area contributed by atoms with Crippen LogP contribution >= 0.6 is 11.6 Å². The standard InChI is InChI=1S/C37H36ClFN4O6/c1-42(23-13-11-21(12-14-23)37(45)46)19-28-30(39)15-22(16-32(28)47-2)24-7-5-9-26(35(24)38)25-8-6-10-31-27(25)18-40-43(31)34-17-33(48-3)29(20-44)36(41-34)49-4/h5-10,15-18,20-21,23H,11-14,19H2,1-4H3,(H,45,46). The summed E-state index contributed by atoms with van der Waals surface area (Å²) in [5.41, 5.74) is 4.09. The van der Waals surface area contributed by atoms with Gasteiger partial charge in [-0.1, -0.05) is 41.9 Å². The Labute approximate surface area is 288 Å². The fourth-order valence-corrected chi connectivity index (χ4v) is 7.05. The number of carboxylic acid groups (broad SMARTS) is 1. The quantitative estimate of drug-likeness (QED) is 0.141. The van der Waals surface area contributed by atoms with Gasteiger partial charge in [-0.05, 0) is 62.1 Å². The number of methoxy groups -OCH3 is 3. The molecule has 1 aliphatic carbocycles. The van der Waals surface area contributed by atoms with Gasteiger partial charge in [-0.3, -0.25) is 14.5 Å². The number of carboxylic acids is 1. The number of aromatic nitrogens is 3. The summed E-state index contributed by atoms with van der Waals surface area (Å²) in [6, 6.07) is 16.4. The SMILES string of the molecule is COc1cc(-n2ncc3c(-c4cccc(-c5cc(F)c(CN(C)C6CCC(C(=O)O)CC6)c(OC)c5)c4Cl)cccc32)nc(OC)c1C=O. The van der Waals surface area contributed by atoms with Gasteiger partial charge < -0.3 is 19.3 Å². The molecule has 0 unspecified atom stereocenters. The highest BCUT2D eigenvalue weighted by Gasteiger charge is 2.29. The number of carbonyl (C=O) groups is 2. The Hall–Kier alpha value is -5.00. The highest BCUT2D eigenvalue weighted by molar-refractivity contribution is 6.36. The molecule has 49 heavy (non-hydrogen) atoms. The molecule has 0 amide bonds. The maximum atomic E-state index is 15.9. The minimum absolute atomic E-state index is 0.114. The van der Waals surface area contributed by atoms with Crippen LogP contribution in [0, 0.1) is 11.7 Å². The van der Waals surface area contributed by atoms with E-state index in [-0.39, 0.29) is 23.4 Å². The molecule has 0 bridgehead atoms. The Morgan fingerprint density at radius 1 is 1.00 bits per heavy atom. The molecule has 10 nitrogen and oxygen atoms in total. The van der Waals surface area contributed by atoms with Crippen molar-refractivity contribution in [3.63, 3.8) is 0 Å². The van der Waals surface area contributed by atoms with Crippen molar-refractivity contribution in [2.45, 2.75) is 38.3 Å². The van der Waals surface area contributed by atoms with E-state index in [0.717, 1.165) is 34.9 Å². The van der Waals surface area contributed by atoms with Crippen molar-refractivity contribution in [1.82, 2.24) is 19.7 Å². The van der Waals surface area contributed by atoms with Crippen molar-refractivity contribution in [2.75, 3.05) is 28.4 Å². The van der Waals surface area contributed by atoms with Crippen molar-refractivity contribution in [1.29, 1.82) is 0 Å². The van der Waals surface area contributed by atoms with Crippen LogP contribution in [0.1, 0.15) is 41.6 Å². The van der Waals surface area contributed by atoms with Crippen LogP contribution in [-0.4, -0.2) is 71.4 Å².